The fourth-order valence-corrected chi connectivity index (χ4v) is 2.75. The average Bonchev–Trinajstić information content (AvgIpc) is 2.61. The van der Waals surface area contributed by atoms with E-state index in [4.69, 9.17) is 4.74 Å². The zero-order valence-electron chi connectivity index (χ0n) is 14.4. The zero-order chi connectivity index (χ0) is 18.0. The van der Waals surface area contributed by atoms with E-state index in [1.807, 2.05) is 54.8 Å². The van der Waals surface area contributed by atoms with E-state index in [2.05, 4.69) is 5.32 Å². The number of nitrogens with zero attached hydrogens (tertiary/aromatic N) is 1. The first-order valence-electron chi connectivity index (χ1n) is 8.11. The van der Waals surface area contributed by atoms with Gasteiger partial charge in [0, 0.05) is 29.4 Å². The summed E-state index contributed by atoms with van der Waals surface area (Å²) in [7, 11) is 1.60. The number of fused-ring (bicyclic) bond motifs is 1. The molecule has 1 aromatic heterocycles. The van der Waals surface area contributed by atoms with Gasteiger partial charge in [-0.2, -0.15) is 0 Å². The summed E-state index contributed by atoms with van der Waals surface area (Å²) in [5.74, 6) is 0.330. The maximum absolute atomic E-state index is 12.8. The monoisotopic (exact) mass is 336 g/mol. The number of para-hydroxylation sites is 1. The minimum atomic E-state index is -0.373. The maximum atomic E-state index is 12.8. The average molecular weight is 336 g/mol. The van der Waals surface area contributed by atoms with Crippen LogP contribution in [0.2, 0.25) is 0 Å². The number of amides is 1. The first-order valence-corrected chi connectivity index (χ1v) is 8.11. The van der Waals surface area contributed by atoms with Gasteiger partial charge >= 0.3 is 0 Å². The van der Waals surface area contributed by atoms with E-state index in [9.17, 15) is 9.59 Å². The van der Waals surface area contributed by atoms with Gasteiger partial charge in [-0.05, 0) is 38.1 Å². The molecule has 2 aromatic carbocycles. The SMILES string of the molecule is COc1cccc(-n2cc(C(=O)NC(C)C)c(=O)c3ccccc32)c1. The summed E-state index contributed by atoms with van der Waals surface area (Å²) in [5.41, 5.74) is 1.40. The molecule has 0 aliphatic carbocycles. The lowest BCUT2D eigenvalue weighted by Gasteiger charge is -2.15. The van der Waals surface area contributed by atoms with Crippen molar-refractivity contribution in [2.24, 2.45) is 0 Å². The molecule has 0 saturated heterocycles. The highest BCUT2D eigenvalue weighted by Crippen LogP contribution is 2.21. The molecule has 0 aliphatic rings. The predicted octanol–water partition coefficient (Wildman–Crippen LogP) is 3.14. The summed E-state index contributed by atoms with van der Waals surface area (Å²) in [5, 5.41) is 3.29. The van der Waals surface area contributed by atoms with Gasteiger partial charge in [0.05, 0.1) is 12.6 Å². The van der Waals surface area contributed by atoms with Crippen LogP contribution in [0.15, 0.2) is 59.5 Å². The van der Waals surface area contributed by atoms with E-state index in [0.29, 0.717) is 11.1 Å². The molecule has 0 fully saturated rings. The van der Waals surface area contributed by atoms with Crippen molar-refractivity contribution in [2.75, 3.05) is 7.11 Å². The Labute approximate surface area is 145 Å². The Morgan fingerprint density at radius 1 is 1.12 bits per heavy atom. The van der Waals surface area contributed by atoms with Crippen LogP contribution in [0.3, 0.4) is 0 Å². The lowest BCUT2D eigenvalue weighted by atomic mass is 10.1. The molecule has 5 nitrogen and oxygen atoms in total. The van der Waals surface area contributed by atoms with Crippen molar-refractivity contribution < 1.29 is 9.53 Å². The minimum Gasteiger partial charge on any atom is -0.497 e. The molecule has 3 rings (SSSR count). The first-order chi connectivity index (χ1) is 12.0. The Bertz CT molecular complexity index is 990. The van der Waals surface area contributed by atoms with E-state index in [0.717, 1.165) is 11.2 Å². The Morgan fingerprint density at radius 3 is 2.60 bits per heavy atom. The van der Waals surface area contributed by atoms with Crippen LogP contribution in [0.4, 0.5) is 0 Å². The summed E-state index contributed by atoms with van der Waals surface area (Å²) < 4.78 is 7.13. The van der Waals surface area contributed by atoms with Crippen LogP contribution in [0.25, 0.3) is 16.6 Å². The lowest BCUT2D eigenvalue weighted by molar-refractivity contribution is 0.0941. The molecule has 0 saturated carbocycles. The largest absolute Gasteiger partial charge is 0.497 e. The topological polar surface area (TPSA) is 60.3 Å². The molecule has 3 aromatic rings. The van der Waals surface area contributed by atoms with Crippen LogP contribution in [0.5, 0.6) is 5.75 Å². The van der Waals surface area contributed by atoms with E-state index in [-0.39, 0.29) is 22.9 Å². The Kier molecular flexibility index (Phi) is 4.57. The predicted molar refractivity (Wildman–Crippen MR) is 98.7 cm³/mol. The second-order valence-corrected chi connectivity index (χ2v) is 6.09. The van der Waals surface area contributed by atoms with Gasteiger partial charge in [-0.3, -0.25) is 9.59 Å². The summed E-state index contributed by atoms with van der Waals surface area (Å²) in [6, 6.07) is 14.7. The number of methoxy groups -OCH3 is 1. The van der Waals surface area contributed by atoms with Crippen LogP contribution in [0, 0.1) is 0 Å². The van der Waals surface area contributed by atoms with Crippen molar-refractivity contribution in [2.45, 2.75) is 19.9 Å². The Morgan fingerprint density at radius 2 is 1.88 bits per heavy atom. The van der Waals surface area contributed by atoms with Crippen LogP contribution in [0.1, 0.15) is 24.2 Å². The molecular weight excluding hydrogens is 316 g/mol. The number of carbonyl (C=O) groups excluding carboxylic acids is 1. The van der Waals surface area contributed by atoms with Crippen molar-refractivity contribution >= 4 is 16.8 Å². The van der Waals surface area contributed by atoms with Gasteiger partial charge in [0.25, 0.3) is 5.91 Å². The molecule has 25 heavy (non-hydrogen) atoms. The second kappa shape index (κ2) is 6.81. The summed E-state index contributed by atoms with van der Waals surface area (Å²) in [6.07, 6.45) is 1.59. The number of hydrogen-bond acceptors (Lipinski definition) is 3. The van der Waals surface area contributed by atoms with Gasteiger partial charge in [0.2, 0.25) is 5.43 Å². The van der Waals surface area contributed by atoms with Crippen LogP contribution in [-0.2, 0) is 0 Å². The number of carbonyl (C=O) groups is 1. The van der Waals surface area contributed by atoms with E-state index in [1.165, 1.54) is 0 Å². The van der Waals surface area contributed by atoms with Gasteiger partial charge in [-0.15, -0.1) is 0 Å². The van der Waals surface area contributed by atoms with Crippen LogP contribution >= 0.6 is 0 Å². The number of benzene rings is 2. The Hall–Kier alpha value is -3.08. The first kappa shape index (κ1) is 16.8. The minimum absolute atomic E-state index is 0.0522. The smallest absolute Gasteiger partial charge is 0.256 e. The lowest BCUT2D eigenvalue weighted by Crippen LogP contribution is -2.34. The molecule has 128 valence electrons. The van der Waals surface area contributed by atoms with Crippen molar-refractivity contribution in [1.29, 1.82) is 0 Å². The van der Waals surface area contributed by atoms with Crippen molar-refractivity contribution in [1.82, 2.24) is 9.88 Å². The highest BCUT2D eigenvalue weighted by Gasteiger charge is 2.16. The van der Waals surface area contributed by atoms with Gasteiger partial charge in [0.1, 0.15) is 11.3 Å². The third-order valence-electron chi connectivity index (χ3n) is 3.91. The number of aromatic nitrogens is 1. The molecule has 0 unspecified atom stereocenters. The number of rotatable bonds is 4. The standard InChI is InChI=1S/C20H20N2O3/c1-13(2)21-20(24)17-12-22(14-7-6-8-15(11-14)25-3)18-10-5-4-9-16(18)19(17)23/h4-13H,1-3H3,(H,21,24). The number of pyridine rings is 1. The molecule has 0 radical (unpaired) electrons. The maximum Gasteiger partial charge on any atom is 0.256 e. The highest BCUT2D eigenvalue weighted by atomic mass is 16.5. The molecule has 1 N–H and O–H groups in total. The molecule has 0 atom stereocenters. The second-order valence-electron chi connectivity index (χ2n) is 6.09. The molecule has 5 heteroatoms. The third-order valence-corrected chi connectivity index (χ3v) is 3.91. The van der Waals surface area contributed by atoms with E-state index < -0.39 is 0 Å². The fourth-order valence-electron chi connectivity index (χ4n) is 2.75. The van der Waals surface area contributed by atoms with Gasteiger partial charge in [0.15, 0.2) is 0 Å². The van der Waals surface area contributed by atoms with Gasteiger partial charge in [-0.1, -0.05) is 18.2 Å². The van der Waals surface area contributed by atoms with Crippen molar-refractivity contribution in [3.63, 3.8) is 0 Å². The molecule has 0 spiro atoms. The third kappa shape index (κ3) is 3.26. The van der Waals surface area contributed by atoms with Gasteiger partial charge < -0.3 is 14.6 Å². The van der Waals surface area contributed by atoms with Gasteiger partial charge in [-0.25, -0.2) is 0 Å². The van der Waals surface area contributed by atoms with E-state index >= 15 is 0 Å². The number of hydrogen-bond donors (Lipinski definition) is 1. The highest BCUT2D eigenvalue weighted by molar-refractivity contribution is 5.97. The summed E-state index contributed by atoms with van der Waals surface area (Å²) >= 11 is 0. The van der Waals surface area contributed by atoms with Crippen LogP contribution in [-0.4, -0.2) is 23.6 Å². The molecule has 1 heterocycles. The summed E-state index contributed by atoms with van der Waals surface area (Å²) in [6.45, 7) is 3.72. The normalized spacial score (nSPS) is 10.9. The molecule has 0 bridgehead atoms. The molecule has 1 amide bonds. The van der Waals surface area contributed by atoms with Crippen molar-refractivity contribution in [3.05, 3.63) is 70.5 Å². The van der Waals surface area contributed by atoms with Crippen LogP contribution < -0.4 is 15.5 Å². The fraction of sp³-hybridized carbons (Fsp3) is 0.200. The zero-order valence-corrected chi connectivity index (χ0v) is 14.4. The van der Waals surface area contributed by atoms with E-state index in [1.54, 1.807) is 25.4 Å². The number of ether oxygens (including phenoxy) is 1. The quantitative estimate of drug-likeness (QED) is 0.796. The molecular formula is C20H20N2O3. The van der Waals surface area contributed by atoms with Crippen molar-refractivity contribution in [3.8, 4) is 11.4 Å². The Balaban J connectivity index is 2.28. The molecule has 0 aliphatic heterocycles. The summed E-state index contributed by atoms with van der Waals surface area (Å²) in [4.78, 5) is 25.2. The number of nitrogens with one attached hydrogen (secondary N) is 1.